The number of benzene rings is 1. The van der Waals surface area contributed by atoms with Crippen molar-refractivity contribution in [1.82, 2.24) is 0 Å². The molecule has 1 aromatic rings. The van der Waals surface area contributed by atoms with Crippen LogP contribution in [-0.2, 0) is 4.74 Å². The second kappa shape index (κ2) is 5.30. The van der Waals surface area contributed by atoms with Gasteiger partial charge in [-0.15, -0.1) is 0 Å². The second-order valence-corrected chi connectivity index (χ2v) is 5.34. The van der Waals surface area contributed by atoms with Gasteiger partial charge in [-0.25, -0.2) is 9.59 Å². The number of carbonyl (C=O) groups excluding carboxylic acids is 1. The van der Waals surface area contributed by atoms with Crippen LogP contribution in [0.15, 0.2) is 18.2 Å². The molecule has 1 rings (SSSR count). The zero-order valence-corrected chi connectivity index (χ0v) is 11.9. The Bertz CT molecular complexity index is 503. The molecular formula is C14H19NO4. The summed E-state index contributed by atoms with van der Waals surface area (Å²) in [5.41, 5.74) is 0.847. The highest BCUT2D eigenvalue weighted by Crippen LogP contribution is 2.20. The molecule has 0 fully saturated rings. The van der Waals surface area contributed by atoms with Crippen LogP contribution in [0.1, 0.15) is 36.7 Å². The van der Waals surface area contributed by atoms with Gasteiger partial charge >= 0.3 is 12.1 Å². The minimum absolute atomic E-state index is 0.223. The van der Waals surface area contributed by atoms with Gasteiger partial charge in [0.1, 0.15) is 5.60 Å². The van der Waals surface area contributed by atoms with Gasteiger partial charge in [-0.2, -0.15) is 0 Å². The fourth-order valence-electron chi connectivity index (χ4n) is 1.53. The molecule has 0 spiro atoms. The quantitative estimate of drug-likeness (QED) is 0.892. The molecule has 1 N–H and O–H groups in total. The number of aromatic carboxylic acids is 1. The molecule has 0 unspecified atom stereocenters. The first kappa shape index (κ1) is 15.0. The summed E-state index contributed by atoms with van der Waals surface area (Å²) in [6, 6.07) is 4.71. The van der Waals surface area contributed by atoms with Crippen molar-refractivity contribution in [2.75, 3.05) is 11.9 Å². The molecule has 0 radical (unpaired) electrons. The number of anilines is 1. The van der Waals surface area contributed by atoms with E-state index in [2.05, 4.69) is 0 Å². The fourth-order valence-corrected chi connectivity index (χ4v) is 1.53. The number of ether oxygens (including phenoxy) is 1. The van der Waals surface area contributed by atoms with Gasteiger partial charge in [-0.1, -0.05) is 0 Å². The van der Waals surface area contributed by atoms with Crippen molar-refractivity contribution in [1.29, 1.82) is 0 Å². The van der Waals surface area contributed by atoms with Crippen molar-refractivity contribution < 1.29 is 19.4 Å². The minimum atomic E-state index is -0.982. The third-order valence-corrected chi connectivity index (χ3v) is 2.50. The van der Waals surface area contributed by atoms with E-state index in [0.29, 0.717) is 11.3 Å². The highest BCUT2D eigenvalue weighted by atomic mass is 16.6. The van der Waals surface area contributed by atoms with E-state index in [1.165, 1.54) is 11.0 Å². The third-order valence-electron chi connectivity index (χ3n) is 2.50. The predicted molar refractivity (Wildman–Crippen MR) is 72.8 cm³/mol. The summed E-state index contributed by atoms with van der Waals surface area (Å²) in [6.07, 6.45) is -0.477. The molecule has 5 nitrogen and oxygen atoms in total. The molecule has 19 heavy (non-hydrogen) atoms. The van der Waals surface area contributed by atoms with E-state index < -0.39 is 17.7 Å². The largest absolute Gasteiger partial charge is 0.478 e. The van der Waals surface area contributed by atoms with Gasteiger partial charge in [0.2, 0.25) is 0 Å². The van der Waals surface area contributed by atoms with Gasteiger partial charge in [0.05, 0.1) is 5.56 Å². The van der Waals surface area contributed by atoms with E-state index in [1.807, 2.05) is 0 Å². The molecule has 0 aromatic heterocycles. The maximum Gasteiger partial charge on any atom is 0.414 e. The van der Waals surface area contributed by atoms with Crippen LogP contribution in [0, 0.1) is 6.92 Å². The lowest BCUT2D eigenvalue weighted by Gasteiger charge is -2.25. The van der Waals surface area contributed by atoms with Crippen molar-refractivity contribution in [2.24, 2.45) is 0 Å². The van der Waals surface area contributed by atoms with E-state index in [9.17, 15) is 9.59 Å². The summed E-state index contributed by atoms with van der Waals surface area (Å²) in [5.74, 6) is -0.982. The Morgan fingerprint density at radius 2 is 1.84 bits per heavy atom. The molecule has 1 aromatic carbocycles. The van der Waals surface area contributed by atoms with E-state index in [1.54, 1.807) is 46.9 Å². The van der Waals surface area contributed by atoms with Crippen LogP contribution < -0.4 is 4.90 Å². The van der Waals surface area contributed by atoms with Crippen LogP contribution in [0.4, 0.5) is 10.5 Å². The summed E-state index contributed by atoms with van der Waals surface area (Å²) in [5, 5.41) is 8.95. The van der Waals surface area contributed by atoms with Crippen molar-refractivity contribution >= 4 is 17.7 Å². The number of aryl methyl sites for hydroxylation is 1. The van der Waals surface area contributed by atoms with E-state index in [0.717, 1.165) is 0 Å². The van der Waals surface area contributed by atoms with Crippen molar-refractivity contribution in [3.63, 3.8) is 0 Å². The summed E-state index contributed by atoms with van der Waals surface area (Å²) in [7, 11) is 1.59. The number of carboxylic acids is 1. The summed E-state index contributed by atoms with van der Waals surface area (Å²) >= 11 is 0. The van der Waals surface area contributed by atoms with Gasteiger partial charge in [-0.05, 0) is 51.5 Å². The Labute approximate surface area is 112 Å². The monoisotopic (exact) mass is 265 g/mol. The van der Waals surface area contributed by atoms with Gasteiger partial charge in [0.15, 0.2) is 0 Å². The molecule has 0 aliphatic heterocycles. The normalized spacial score (nSPS) is 11.0. The second-order valence-electron chi connectivity index (χ2n) is 5.34. The first-order valence-corrected chi connectivity index (χ1v) is 5.92. The van der Waals surface area contributed by atoms with Gasteiger partial charge in [-0.3, -0.25) is 4.90 Å². The van der Waals surface area contributed by atoms with E-state index in [-0.39, 0.29) is 5.56 Å². The first-order valence-electron chi connectivity index (χ1n) is 5.92. The number of carbonyl (C=O) groups is 2. The van der Waals surface area contributed by atoms with Crippen LogP contribution >= 0.6 is 0 Å². The number of hydrogen-bond acceptors (Lipinski definition) is 3. The topological polar surface area (TPSA) is 66.8 Å². The highest BCUT2D eigenvalue weighted by Gasteiger charge is 2.21. The lowest BCUT2D eigenvalue weighted by molar-refractivity contribution is 0.0588. The number of rotatable bonds is 2. The molecule has 0 saturated carbocycles. The molecule has 0 aliphatic carbocycles. The van der Waals surface area contributed by atoms with Crippen LogP contribution in [0.2, 0.25) is 0 Å². The molecule has 104 valence electrons. The van der Waals surface area contributed by atoms with Crippen molar-refractivity contribution in [3.8, 4) is 0 Å². The van der Waals surface area contributed by atoms with Crippen LogP contribution in [0.3, 0.4) is 0 Å². The van der Waals surface area contributed by atoms with Gasteiger partial charge in [0, 0.05) is 12.7 Å². The van der Waals surface area contributed by atoms with Gasteiger partial charge < -0.3 is 9.84 Å². The third kappa shape index (κ3) is 3.98. The SMILES string of the molecule is Cc1cc(N(C)C(=O)OC(C)(C)C)ccc1C(=O)O. The molecule has 5 heteroatoms. The zero-order valence-electron chi connectivity index (χ0n) is 11.9. The average molecular weight is 265 g/mol. The predicted octanol–water partition coefficient (Wildman–Crippen LogP) is 3.06. The number of hydrogen-bond donors (Lipinski definition) is 1. The fraction of sp³-hybridized carbons (Fsp3) is 0.429. The molecule has 0 heterocycles. The van der Waals surface area contributed by atoms with Crippen LogP contribution in [-0.4, -0.2) is 29.8 Å². The van der Waals surface area contributed by atoms with Crippen molar-refractivity contribution in [2.45, 2.75) is 33.3 Å². The molecule has 1 amide bonds. The Morgan fingerprint density at radius 1 is 1.26 bits per heavy atom. The lowest BCUT2D eigenvalue weighted by atomic mass is 10.1. The highest BCUT2D eigenvalue weighted by molar-refractivity contribution is 5.92. The maximum absolute atomic E-state index is 11.9. The number of amides is 1. The summed E-state index contributed by atoms with van der Waals surface area (Å²) < 4.78 is 5.24. The Morgan fingerprint density at radius 3 is 2.26 bits per heavy atom. The minimum Gasteiger partial charge on any atom is -0.478 e. The Balaban J connectivity index is 2.95. The zero-order chi connectivity index (χ0) is 14.8. The molecule has 0 saturated heterocycles. The lowest BCUT2D eigenvalue weighted by Crippen LogP contribution is -2.34. The van der Waals surface area contributed by atoms with Gasteiger partial charge in [0.25, 0.3) is 0 Å². The average Bonchev–Trinajstić information content (AvgIpc) is 2.24. The smallest absolute Gasteiger partial charge is 0.414 e. The molecule has 0 aliphatic rings. The number of nitrogens with zero attached hydrogens (tertiary/aromatic N) is 1. The Kier molecular flexibility index (Phi) is 4.19. The van der Waals surface area contributed by atoms with Crippen molar-refractivity contribution in [3.05, 3.63) is 29.3 Å². The molecule has 0 bridgehead atoms. The standard InChI is InChI=1S/C14H19NO4/c1-9-8-10(6-7-11(9)12(16)17)15(5)13(18)19-14(2,3)4/h6-8H,1-5H3,(H,16,17). The van der Waals surface area contributed by atoms with E-state index in [4.69, 9.17) is 9.84 Å². The molecule has 0 atom stereocenters. The summed E-state index contributed by atoms with van der Waals surface area (Å²) in [6.45, 7) is 7.06. The molecular weight excluding hydrogens is 246 g/mol. The number of carboxylic acid groups (broad SMARTS) is 1. The van der Waals surface area contributed by atoms with Crippen LogP contribution in [0.25, 0.3) is 0 Å². The first-order chi connectivity index (χ1) is 8.61. The maximum atomic E-state index is 11.9. The van der Waals surface area contributed by atoms with E-state index >= 15 is 0 Å². The summed E-state index contributed by atoms with van der Waals surface area (Å²) in [4.78, 5) is 24.1. The Hall–Kier alpha value is -2.04. The van der Waals surface area contributed by atoms with Crippen LogP contribution in [0.5, 0.6) is 0 Å².